The molecule has 0 unspecified atom stereocenters. The van der Waals surface area contributed by atoms with Gasteiger partial charge in [0, 0.05) is 43.5 Å². The fourth-order valence-corrected chi connectivity index (χ4v) is 5.56. The van der Waals surface area contributed by atoms with Crippen LogP contribution in [0.4, 0.5) is 11.4 Å². The first kappa shape index (κ1) is 26.5. The van der Waals surface area contributed by atoms with E-state index in [9.17, 15) is 0 Å². The first-order chi connectivity index (χ1) is 18.0. The molecule has 2 nitrogen and oxygen atoms in total. The molecule has 2 heteroatoms. The van der Waals surface area contributed by atoms with Gasteiger partial charge in [0.2, 0.25) is 0 Å². The lowest BCUT2D eigenvalue weighted by Gasteiger charge is -2.27. The Kier molecular flexibility index (Phi) is 8.71. The highest BCUT2D eigenvalue weighted by Gasteiger charge is 2.22. The number of nitrogens with zero attached hydrogens (tertiary/aromatic N) is 2. The SMILES string of the molecule is CCN(CC)c1ccc(C(c2ccc(-c3ccccc3)cc2)c2ccc(N(CC)CC)cc2C)c(C)c1. The molecule has 0 aliphatic rings. The van der Waals surface area contributed by atoms with Crippen LogP contribution < -0.4 is 9.80 Å². The first-order valence-corrected chi connectivity index (χ1v) is 13.9. The lowest BCUT2D eigenvalue weighted by molar-refractivity contribution is 0.859. The third-order valence-corrected chi connectivity index (χ3v) is 7.74. The predicted octanol–water partition coefficient (Wildman–Crippen LogP) is 8.84. The van der Waals surface area contributed by atoms with Crippen LogP contribution in [0.15, 0.2) is 91.0 Å². The number of anilines is 2. The molecule has 0 aliphatic heterocycles. The van der Waals surface area contributed by atoms with Crippen molar-refractivity contribution in [1.82, 2.24) is 0 Å². The van der Waals surface area contributed by atoms with Gasteiger partial charge < -0.3 is 9.80 Å². The van der Waals surface area contributed by atoms with Crippen molar-refractivity contribution in [2.45, 2.75) is 47.5 Å². The van der Waals surface area contributed by atoms with Crippen molar-refractivity contribution in [3.8, 4) is 11.1 Å². The van der Waals surface area contributed by atoms with Crippen LogP contribution in [0.5, 0.6) is 0 Å². The van der Waals surface area contributed by atoms with Gasteiger partial charge >= 0.3 is 0 Å². The normalized spacial score (nSPS) is 11.1. The van der Waals surface area contributed by atoms with Gasteiger partial charge in [-0.15, -0.1) is 0 Å². The zero-order chi connectivity index (χ0) is 26.4. The van der Waals surface area contributed by atoms with E-state index in [0.717, 1.165) is 26.2 Å². The van der Waals surface area contributed by atoms with Crippen molar-refractivity contribution >= 4 is 11.4 Å². The first-order valence-electron chi connectivity index (χ1n) is 13.9. The monoisotopic (exact) mass is 490 g/mol. The summed E-state index contributed by atoms with van der Waals surface area (Å²) in [5, 5.41) is 0. The summed E-state index contributed by atoms with van der Waals surface area (Å²) in [6.07, 6.45) is 0. The summed E-state index contributed by atoms with van der Waals surface area (Å²) in [7, 11) is 0. The van der Waals surface area contributed by atoms with E-state index in [1.807, 2.05) is 0 Å². The third-order valence-electron chi connectivity index (χ3n) is 7.74. The molecule has 0 amide bonds. The summed E-state index contributed by atoms with van der Waals surface area (Å²) >= 11 is 0. The Morgan fingerprint density at radius 1 is 0.514 bits per heavy atom. The molecule has 37 heavy (non-hydrogen) atoms. The average Bonchev–Trinajstić information content (AvgIpc) is 2.93. The van der Waals surface area contributed by atoms with Gasteiger partial charge in [0.25, 0.3) is 0 Å². The van der Waals surface area contributed by atoms with Gasteiger partial charge in [-0.25, -0.2) is 0 Å². The van der Waals surface area contributed by atoms with E-state index in [0.29, 0.717) is 0 Å². The summed E-state index contributed by atoms with van der Waals surface area (Å²) in [5.41, 5.74) is 11.9. The minimum absolute atomic E-state index is 0.182. The highest BCUT2D eigenvalue weighted by Crippen LogP contribution is 2.38. The second kappa shape index (κ2) is 12.1. The Morgan fingerprint density at radius 3 is 1.35 bits per heavy atom. The molecule has 0 bridgehead atoms. The Bertz CT molecular complexity index is 1220. The van der Waals surface area contributed by atoms with Crippen LogP contribution in [0.2, 0.25) is 0 Å². The maximum absolute atomic E-state index is 2.42. The minimum Gasteiger partial charge on any atom is -0.372 e. The van der Waals surface area contributed by atoms with Crippen LogP contribution in [0.1, 0.15) is 61.4 Å². The quantitative estimate of drug-likeness (QED) is 0.205. The molecule has 4 rings (SSSR count). The maximum Gasteiger partial charge on any atom is 0.0368 e. The molecular weight excluding hydrogens is 448 g/mol. The third kappa shape index (κ3) is 5.74. The molecule has 0 saturated heterocycles. The highest BCUT2D eigenvalue weighted by molar-refractivity contribution is 5.65. The van der Waals surface area contributed by atoms with Crippen molar-refractivity contribution < 1.29 is 0 Å². The summed E-state index contributed by atoms with van der Waals surface area (Å²) in [6.45, 7) is 17.5. The summed E-state index contributed by atoms with van der Waals surface area (Å²) in [6, 6.07) is 33.9. The van der Waals surface area contributed by atoms with E-state index in [2.05, 4.69) is 142 Å². The Hall–Kier alpha value is -3.52. The second-order valence-corrected chi connectivity index (χ2v) is 9.85. The second-order valence-electron chi connectivity index (χ2n) is 9.85. The molecule has 0 radical (unpaired) electrons. The highest BCUT2D eigenvalue weighted by atomic mass is 15.1. The lowest BCUT2D eigenvalue weighted by Crippen LogP contribution is -2.22. The molecule has 0 heterocycles. The summed E-state index contributed by atoms with van der Waals surface area (Å²) in [4.78, 5) is 4.84. The van der Waals surface area contributed by atoms with Crippen molar-refractivity contribution in [2.75, 3.05) is 36.0 Å². The van der Waals surface area contributed by atoms with E-state index >= 15 is 0 Å². The molecule has 0 aromatic heterocycles. The topological polar surface area (TPSA) is 6.48 Å². The van der Waals surface area contributed by atoms with Gasteiger partial charge in [-0.05, 0) is 105 Å². The number of rotatable bonds is 10. The zero-order valence-electron chi connectivity index (χ0n) is 23.5. The Morgan fingerprint density at radius 2 is 0.946 bits per heavy atom. The fraction of sp³-hybridized carbons (Fsp3) is 0.314. The summed E-state index contributed by atoms with van der Waals surface area (Å²) in [5.74, 6) is 0.182. The molecule has 0 spiro atoms. The van der Waals surface area contributed by atoms with Gasteiger partial charge in [0.05, 0.1) is 0 Å². The average molecular weight is 491 g/mol. The fourth-order valence-electron chi connectivity index (χ4n) is 5.56. The van der Waals surface area contributed by atoms with E-state index in [4.69, 9.17) is 0 Å². The zero-order valence-corrected chi connectivity index (χ0v) is 23.5. The van der Waals surface area contributed by atoms with E-state index in [1.54, 1.807) is 0 Å². The van der Waals surface area contributed by atoms with Crippen molar-refractivity contribution in [2.24, 2.45) is 0 Å². The van der Waals surface area contributed by atoms with Crippen LogP contribution >= 0.6 is 0 Å². The standard InChI is InChI=1S/C35H42N2/c1-7-36(8-2)31-20-22-33(26(5)24-31)35(34-23-21-32(25-27(34)6)37(9-3)10-4)30-18-16-29(17-19-30)28-14-12-11-13-15-28/h11-25,35H,7-10H2,1-6H3. The molecule has 4 aromatic rings. The van der Waals surface area contributed by atoms with Crippen LogP contribution in [0, 0.1) is 13.8 Å². The molecular formula is C35H42N2. The largest absolute Gasteiger partial charge is 0.372 e. The van der Waals surface area contributed by atoms with Crippen molar-refractivity contribution in [1.29, 1.82) is 0 Å². The van der Waals surface area contributed by atoms with Crippen LogP contribution in [-0.2, 0) is 0 Å². The number of benzene rings is 4. The predicted molar refractivity (Wildman–Crippen MR) is 162 cm³/mol. The molecule has 192 valence electrons. The number of hydrogen-bond acceptors (Lipinski definition) is 2. The molecule has 0 aliphatic carbocycles. The van der Waals surface area contributed by atoms with Crippen LogP contribution in [0.25, 0.3) is 11.1 Å². The Balaban J connectivity index is 1.82. The van der Waals surface area contributed by atoms with Gasteiger partial charge in [-0.1, -0.05) is 66.7 Å². The van der Waals surface area contributed by atoms with E-state index in [1.165, 1.54) is 50.3 Å². The molecule has 0 N–H and O–H groups in total. The van der Waals surface area contributed by atoms with Gasteiger partial charge in [0.1, 0.15) is 0 Å². The molecule has 4 aromatic carbocycles. The maximum atomic E-state index is 2.42. The Labute approximate surface area is 224 Å². The lowest BCUT2D eigenvalue weighted by atomic mass is 9.80. The summed E-state index contributed by atoms with van der Waals surface area (Å²) < 4.78 is 0. The minimum atomic E-state index is 0.182. The van der Waals surface area contributed by atoms with Crippen LogP contribution in [0.3, 0.4) is 0 Å². The smallest absolute Gasteiger partial charge is 0.0368 e. The van der Waals surface area contributed by atoms with Crippen LogP contribution in [-0.4, -0.2) is 26.2 Å². The van der Waals surface area contributed by atoms with E-state index in [-0.39, 0.29) is 5.92 Å². The van der Waals surface area contributed by atoms with Gasteiger partial charge in [-0.2, -0.15) is 0 Å². The van der Waals surface area contributed by atoms with Gasteiger partial charge in [0.15, 0.2) is 0 Å². The van der Waals surface area contributed by atoms with Crippen molar-refractivity contribution in [3.63, 3.8) is 0 Å². The van der Waals surface area contributed by atoms with Gasteiger partial charge in [-0.3, -0.25) is 0 Å². The molecule has 0 saturated carbocycles. The van der Waals surface area contributed by atoms with E-state index < -0.39 is 0 Å². The number of aryl methyl sites for hydroxylation is 2. The number of hydrogen-bond donors (Lipinski definition) is 0. The van der Waals surface area contributed by atoms with Crippen molar-refractivity contribution in [3.05, 3.63) is 119 Å². The molecule has 0 fully saturated rings. The molecule has 0 atom stereocenters.